The average Bonchev–Trinajstić information content (AvgIpc) is 2.56. The summed E-state index contributed by atoms with van der Waals surface area (Å²) in [5.41, 5.74) is 3.58. The highest BCUT2D eigenvalue weighted by molar-refractivity contribution is 5.81. The van der Waals surface area contributed by atoms with Gasteiger partial charge in [-0.3, -0.25) is 4.79 Å². The summed E-state index contributed by atoms with van der Waals surface area (Å²) >= 11 is 0. The van der Waals surface area contributed by atoms with Crippen LogP contribution in [-0.4, -0.2) is 5.78 Å². The van der Waals surface area contributed by atoms with Gasteiger partial charge in [0.05, 0.1) is 0 Å². The van der Waals surface area contributed by atoms with E-state index < -0.39 is 0 Å². The normalized spacial score (nSPS) is 35.5. The Bertz CT molecular complexity index is 313. The van der Waals surface area contributed by atoms with Crippen LogP contribution in [0.1, 0.15) is 59.3 Å². The van der Waals surface area contributed by atoms with Crippen LogP contribution in [0.15, 0.2) is 11.1 Å². The van der Waals surface area contributed by atoms with E-state index in [1.165, 1.54) is 19.3 Å². The Morgan fingerprint density at radius 2 is 2.27 bits per heavy atom. The Morgan fingerprint density at radius 1 is 1.53 bits per heavy atom. The second kappa shape index (κ2) is 3.77. The molecule has 0 saturated heterocycles. The molecule has 0 aromatic carbocycles. The second-order valence-corrected chi connectivity index (χ2v) is 5.60. The van der Waals surface area contributed by atoms with Gasteiger partial charge in [-0.2, -0.15) is 0 Å². The first-order chi connectivity index (χ1) is 7.07. The first kappa shape index (κ1) is 10.9. The van der Waals surface area contributed by atoms with Gasteiger partial charge in [-0.15, -0.1) is 0 Å². The van der Waals surface area contributed by atoms with Crippen molar-refractivity contribution in [2.24, 2.45) is 11.3 Å². The summed E-state index contributed by atoms with van der Waals surface area (Å²) in [6.07, 6.45) is 6.78. The van der Waals surface area contributed by atoms with Crippen molar-refractivity contribution in [2.75, 3.05) is 0 Å². The Morgan fingerprint density at radius 3 is 2.87 bits per heavy atom. The van der Waals surface area contributed by atoms with Crippen LogP contribution in [-0.2, 0) is 4.79 Å². The minimum absolute atomic E-state index is 0.336. The number of fused-ring (bicyclic) bond motifs is 1. The smallest absolute Gasteiger partial charge is 0.136 e. The average molecular weight is 206 g/mol. The number of hydrogen-bond acceptors (Lipinski definition) is 1. The van der Waals surface area contributed by atoms with Crippen LogP contribution in [0.4, 0.5) is 0 Å². The number of ketones is 1. The van der Waals surface area contributed by atoms with Gasteiger partial charge < -0.3 is 0 Å². The largest absolute Gasteiger partial charge is 0.299 e. The van der Waals surface area contributed by atoms with E-state index in [0.717, 1.165) is 12.8 Å². The standard InChI is InChI=1S/C14H22O/c1-4-13(15)11-8-12-10(2)6-5-7-14(12,3)9-11/h11H,4-9H2,1-3H3/t11-,14?/m0/s1. The number of carbonyl (C=O) groups excluding carboxylic acids is 1. The summed E-state index contributed by atoms with van der Waals surface area (Å²) < 4.78 is 0. The van der Waals surface area contributed by atoms with Gasteiger partial charge in [0.15, 0.2) is 0 Å². The molecule has 1 nitrogen and oxygen atoms in total. The number of carbonyl (C=O) groups is 1. The topological polar surface area (TPSA) is 17.1 Å². The zero-order chi connectivity index (χ0) is 11.1. The lowest BCUT2D eigenvalue weighted by Crippen LogP contribution is -2.19. The summed E-state index contributed by atoms with van der Waals surface area (Å²) in [5, 5.41) is 0. The molecule has 1 fully saturated rings. The molecule has 15 heavy (non-hydrogen) atoms. The molecule has 2 aliphatic carbocycles. The van der Waals surface area contributed by atoms with Crippen LogP contribution in [0, 0.1) is 11.3 Å². The number of rotatable bonds is 2. The monoisotopic (exact) mass is 206 g/mol. The van der Waals surface area contributed by atoms with E-state index in [1.54, 1.807) is 11.1 Å². The lowest BCUT2D eigenvalue weighted by Gasteiger charge is -2.32. The molecule has 1 unspecified atom stereocenters. The van der Waals surface area contributed by atoms with Gasteiger partial charge in [-0.1, -0.05) is 25.0 Å². The van der Waals surface area contributed by atoms with Crippen molar-refractivity contribution in [3.8, 4) is 0 Å². The van der Waals surface area contributed by atoms with Gasteiger partial charge in [0, 0.05) is 12.3 Å². The molecule has 0 heterocycles. The summed E-state index contributed by atoms with van der Waals surface area (Å²) in [7, 11) is 0. The molecule has 0 amide bonds. The quantitative estimate of drug-likeness (QED) is 0.627. The van der Waals surface area contributed by atoms with E-state index in [2.05, 4.69) is 13.8 Å². The van der Waals surface area contributed by atoms with Gasteiger partial charge in [0.2, 0.25) is 0 Å². The Labute approximate surface area is 92.9 Å². The highest BCUT2D eigenvalue weighted by Gasteiger charge is 2.43. The van der Waals surface area contributed by atoms with E-state index in [9.17, 15) is 4.79 Å². The van der Waals surface area contributed by atoms with Crippen molar-refractivity contribution in [2.45, 2.75) is 59.3 Å². The number of allylic oxidation sites excluding steroid dienone is 2. The van der Waals surface area contributed by atoms with Crippen LogP contribution in [0.3, 0.4) is 0 Å². The van der Waals surface area contributed by atoms with Crippen molar-refractivity contribution in [3.63, 3.8) is 0 Å². The summed E-state index contributed by atoms with van der Waals surface area (Å²) in [6.45, 7) is 6.63. The van der Waals surface area contributed by atoms with E-state index in [4.69, 9.17) is 0 Å². The zero-order valence-corrected chi connectivity index (χ0v) is 10.2. The Kier molecular flexibility index (Phi) is 2.74. The molecular formula is C14H22O. The Hall–Kier alpha value is -0.590. The minimum atomic E-state index is 0.336. The molecule has 0 radical (unpaired) electrons. The third-order valence-electron chi connectivity index (χ3n) is 4.48. The molecule has 2 rings (SSSR count). The zero-order valence-electron chi connectivity index (χ0n) is 10.2. The maximum atomic E-state index is 11.8. The third-order valence-corrected chi connectivity index (χ3v) is 4.48. The maximum Gasteiger partial charge on any atom is 0.136 e. The fraction of sp³-hybridized carbons (Fsp3) is 0.786. The maximum absolute atomic E-state index is 11.8. The van der Waals surface area contributed by atoms with Crippen molar-refractivity contribution in [1.29, 1.82) is 0 Å². The molecular weight excluding hydrogens is 184 g/mol. The molecule has 2 atom stereocenters. The molecule has 1 saturated carbocycles. The fourth-order valence-corrected chi connectivity index (χ4v) is 3.59. The van der Waals surface area contributed by atoms with Crippen LogP contribution in [0.25, 0.3) is 0 Å². The van der Waals surface area contributed by atoms with Crippen molar-refractivity contribution in [1.82, 2.24) is 0 Å². The van der Waals surface area contributed by atoms with Gasteiger partial charge in [-0.05, 0) is 44.4 Å². The summed E-state index contributed by atoms with van der Waals surface area (Å²) in [4.78, 5) is 11.8. The predicted molar refractivity (Wildman–Crippen MR) is 62.7 cm³/mol. The minimum Gasteiger partial charge on any atom is -0.299 e. The van der Waals surface area contributed by atoms with Crippen molar-refractivity contribution < 1.29 is 4.79 Å². The number of Topliss-reactive ketones (excluding diaryl/α,β-unsaturated/α-hetero) is 1. The lowest BCUT2D eigenvalue weighted by molar-refractivity contribution is -0.122. The van der Waals surface area contributed by atoms with Crippen LogP contribution in [0.5, 0.6) is 0 Å². The lowest BCUT2D eigenvalue weighted by atomic mass is 9.73. The second-order valence-electron chi connectivity index (χ2n) is 5.60. The van der Waals surface area contributed by atoms with E-state index in [0.29, 0.717) is 23.5 Å². The molecule has 0 aromatic heterocycles. The molecule has 0 aromatic rings. The van der Waals surface area contributed by atoms with E-state index in [-0.39, 0.29) is 0 Å². The van der Waals surface area contributed by atoms with Gasteiger partial charge in [0.1, 0.15) is 5.78 Å². The SMILES string of the molecule is CCC(=O)[C@H]1CC2=C(C)CCCC2(C)C1. The highest BCUT2D eigenvalue weighted by atomic mass is 16.1. The number of hydrogen-bond donors (Lipinski definition) is 0. The summed E-state index contributed by atoms with van der Waals surface area (Å²) in [6, 6.07) is 0. The molecule has 0 N–H and O–H groups in total. The van der Waals surface area contributed by atoms with Crippen molar-refractivity contribution in [3.05, 3.63) is 11.1 Å². The fourth-order valence-electron chi connectivity index (χ4n) is 3.59. The first-order valence-electron chi connectivity index (χ1n) is 6.28. The van der Waals surface area contributed by atoms with Gasteiger partial charge in [0.25, 0.3) is 0 Å². The van der Waals surface area contributed by atoms with E-state index in [1.807, 2.05) is 6.92 Å². The molecule has 2 aliphatic rings. The van der Waals surface area contributed by atoms with E-state index >= 15 is 0 Å². The molecule has 1 heteroatoms. The van der Waals surface area contributed by atoms with Gasteiger partial charge in [-0.25, -0.2) is 0 Å². The van der Waals surface area contributed by atoms with Crippen LogP contribution in [0.2, 0.25) is 0 Å². The van der Waals surface area contributed by atoms with Gasteiger partial charge >= 0.3 is 0 Å². The third kappa shape index (κ3) is 1.77. The van der Waals surface area contributed by atoms with Crippen LogP contribution < -0.4 is 0 Å². The molecule has 0 aliphatic heterocycles. The predicted octanol–water partition coefficient (Wildman–Crippen LogP) is 3.88. The van der Waals surface area contributed by atoms with Crippen molar-refractivity contribution >= 4 is 5.78 Å². The highest BCUT2D eigenvalue weighted by Crippen LogP contribution is 2.53. The summed E-state index contributed by atoms with van der Waals surface area (Å²) in [5.74, 6) is 0.814. The molecule has 0 bridgehead atoms. The van der Waals surface area contributed by atoms with Crippen LogP contribution >= 0.6 is 0 Å². The first-order valence-corrected chi connectivity index (χ1v) is 6.28. The molecule has 84 valence electrons. The molecule has 0 spiro atoms. The Balaban J connectivity index is 2.24.